The summed E-state index contributed by atoms with van der Waals surface area (Å²) in [6, 6.07) is 5.69. The average molecular weight is 249 g/mol. The summed E-state index contributed by atoms with van der Waals surface area (Å²) in [5.74, 6) is 0.843. The molecule has 98 valence electrons. The molecule has 1 aromatic carbocycles. The van der Waals surface area contributed by atoms with Gasteiger partial charge in [-0.25, -0.2) is 0 Å². The third-order valence-electron chi connectivity index (χ3n) is 2.75. The van der Waals surface area contributed by atoms with Crippen LogP contribution < -0.4 is 21.1 Å². The van der Waals surface area contributed by atoms with Crippen molar-refractivity contribution in [3.63, 3.8) is 0 Å². The minimum absolute atomic E-state index is 0.0823. The fourth-order valence-corrected chi connectivity index (χ4v) is 1.95. The largest absolute Gasteiger partial charge is 0.493 e. The Morgan fingerprint density at radius 1 is 1.50 bits per heavy atom. The SMILES string of the molecule is CCCOc1cc(N)cc(NC2CNC(=O)C2)c1. The molecule has 0 saturated carbocycles. The molecule has 0 spiro atoms. The van der Waals surface area contributed by atoms with Gasteiger partial charge in [-0.2, -0.15) is 0 Å². The molecule has 2 rings (SSSR count). The van der Waals surface area contributed by atoms with E-state index in [-0.39, 0.29) is 11.9 Å². The van der Waals surface area contributed by atoms with Crippen molar-refractivity contribution in [1.82, 2.24) is 5.32 Å². The van der Waals surface area contributed by atoms with Gasteiger partial charge in [0.1, 0.15) is 5.75 Å². The molecule has 1 aliphatic heterocycles. The van der Waals surface area contributed by atoms with Crippen LogP contribution in [0.1, 0.15) is 19.8 Å². The van der Waals surface area contributed by atoms with Crippen molar-refractivity contribution in [2.24, 2.45) is 0 Å². The lowest BCUT2D eigenvalue weighted by Gasteiger charge is -2.14. The Hall–Kier alpha value is -1.91. The van der Waals surface area contributed by atoms with Gasteiger partial charge >= 0.3 is 0 Å². The van der Waals surface area contributed by atoms with E-state index in [0.29, 0.717) is 25.3 Å². The number of benzene rings is 1. The molecular weight excluding hydrogens is 230 g/mol. The lowest BCUT2D eigenvalue weighted by molar-refractivity contribution is -0.119. The Morgan fingerprint density at radius 2 is 2.33 bits per heavy atom. The van der Waals surface area contributed by atoms with Gasteiger partial charge < -0.3 is 21.1 Å². The Morgan fingerprint density at radius 3 is 3.00 bits per heavy atom. The van der Waals surface area contributed by atoms with Crippen LogP contribution in [0.15, 0.2) is 18.2 Å². The van der Waals surface area contributed by atoms with Gasteiger partial charge in [0.25, 0.3) is 0 Å². The van der Waals surface area contributed by atoms with E-state index >= 15 is 0 Å². The van der Waals surface area contributed by atoms with Gasteiger partial charge in [-0.15, -0.1) is 0 Å². The quantitative estimate of drug-likeness (QED) is 0.689. The first-order valence-corrected chi connectivity index (χ1v) is 6.24. The zero-order valence-electron chi connectivity index (χ0n) is 10.5. The van der Waals surface area contributed by atoms with Crippen molar-refractivity contribution in [2.75, 3.05) is 24.2 Å². The highest BCUT2D eigenvalue weighted by Crippen LogP contribution is 2.24. The topological polar surface area (TPSA) is 76.4 Å². The molecule has 1 unspecified atom stereocenters. The van der Waals surface area contributed by atoms with Crippen LogP contribution in [0.3, 0.4) is 0 Å². The molecule has 1 atom stereocenters. The molecule has 1 fully saturated rings. The van der Waals surface area contributed by atoms with Crippen molar-refractivity contribution in [3.05, 3.63) is 18.2 Å². The van der Waals surface area contributed by atoms with Crippen molar-refractivity contribution >= 4 is 17.3 Å². The molecule has 0 radical (unpaired) electrons. The van der Waals surface area contributed by atoms with Crippen LogP contribution in [0.5, 0.6) is 5.75 Å². The molecular formula is C13H19N3O2. The standard InChI is InChI=1S/C13H19N3O2/c1-2-3-18-12-5-9(14)4-10(6-12)16-11-7-13(17)15-8-11/h4-6,11,16H,2-3,7-8,14H2,1H3,(H,15,17). The predicted octanol–water partition coefficient (Wildman–Crippen LogP) is 1.36. The molecule has 4 N–H and O–H groups in total. The highest BCUT2D eigenvalue weighted by molar-refractivity contribution is 5.79. The number of carbonyl (C=O) groups excluding carboxylic acids is 1. The molecule has 5 nitrogen and oxygen atoms in total. The second-order valence-corrected chi connectivity index (χ2v) is 4.49. The van der Waals surface area contributed by atoms with E-state index in [2.05, 4.69) is 17.6 Å². The molecule has 0 bridgehead atoms. The van der Waals surface area contributed by atoms with Crippen LogP contribution in [0.4, 0.5) is 11.4 Å². The van der Waals surface area contributed by atoms with E-state index in [9.17, 15) is 4.79 Å². The predicted molar refractivity (Wildman–Crippen MR) is 71.7 cm³/mol. The van der Waals surface area contributed by atoms with Gasteiger partial charge in [-0.3, -0.25) is 4.79 Å². The Bertz CT molecular complexity index is 434. The lowest BCUT2D eigenvalue weighted by Crippen LogP contribution is -2.22. The fourth-order valence-electron chi connectivity index (χ4n) is 1.95. The van der Waals surface area contributed by atoms with Gasteiger partial charge in [0.2, 0.25) is 5.91 Å². The van der Waals surface area contributed by atoms with Gasteiger partial charge in [0.05, 0.1) is 12.6 Å². The number of nitrogen functional groups attached to an aromatic ring is 1. The molecule has 0 aromatic heterocycles. The molecule has 5 heteroatoms. The maximum absolute atomic E-state index is 11.1. The minimum atomic E-state index is 0.0823. The van der Waals surface area contributed by atoms with E-state index < -0.39 is 0 Å². The minimum Gasteiger partial charge on any atom is -0.493 e. The third-order valence-corrected chi connectivity index (χ3v) is 2.75. The first-order valence-electron chi connectivity index (χ1n) is 6.24. The summed E-state index contributed by atoms with van der Waals surface area (Å²) in [5, 5.41) is 6.08. The molecule has 18 heavy (non-hydrogen) atoms. The van der Waals surface area contributed by atoms with E-state index in [1.54, 1.807) is 6.07 Å². The summed E-state index contributed by atoms with van der Waals surface area (Å²) in [5.41, 5.74) is 7.38. The normalized spacial score (nSPS) is 18.5. The van der Waals surface area contributed by atoms with Crippen molar-refractivity contribution < 1.29 is 9.53 Å². The summed E-state index contributed by atoms with van der Waals surface area (Å²) >= 11 is 0. The molecule has 1 saturated heterocycles. The lowest BCUT2D eigenvalue weighted by atomic mass is 10.2. The summed E-state index contributed by atoms with van der Waals surface area (Å²) < 4.78 is 5.56. The maximum Gasteiger partial charge on any atom is 0.222 e. The van der Waals surface area contributed by atoms with Crippen molar-refractivity contribution in [1.29, 1.82) is 0 Å². The van der Waals surface area contributed by atoms with Gasteiger partial charge in [-0.05, 0) is 12.5 Å². The summed E-state index contributed by atoms with van der Waals surface area (Å²) in [6.07, 6.45) is 1.46. The fraction of sp³-hybridized carbons (Fsp3) is 0.462. The Balaban J connectivity index is 2.03. The zero-order chi connectivity index (χ0) is 13.0. The van der Waals surface area contributed by atoms with Gasteiger partial charge in [0, 0.05) is 36.5 Å². The number of rotatable bonds is 5. The van der Waals surface area contributed by atoms with E-state index in [0.717, 1.165) is 17.9 Å². The summed E-state index contributed by atoms with van der Waals surface area (Å²) in [4.78, 5) is 11.1. The number of nitrogens with two attached hydrogens (primary N) is 1. The second kappa shape index (κ2) is 5.62. The average Bonchev–Trinajstić information content (AvgIpc) is 2.71. The first-order chi connectivity index (χ1) is 8.67. The van der Waals surface area contributed by atoms with Crippen LogP contribution >= 0.6 is 0 Å². The molecule has 1 heterocycles. The molecule has 0 aliphatic carbocycles. The highest BCUT2D eigenvalue weighted by atomic mass is 16.5. The van der Waals surface area contributed by atoms with E-state index in [4.69, 9.17) is 10.5 Å². The van der Waals surface area contributed by atoms with E-state index in [1.165, 1.54) is 0 Å². The number of nitrogens with one attached hydrogen (secondary N) is 2. The van der Waals surface area contributed by atoms with E-state index in [1.807, 2.05) is 12.1 Å². The summed E-state index contributed by atoms with van der Waals surface area (Å²) in [6.45, 7) is 3.38. The first kappa shape index (κ1) is 12.5. The van der Waals surface area contributed by atoms with Gasteiger partial charge in [0.15, 0.2) is 0 Å². The number of carbonyl (C=O) groups is 1. The monoisotopic (exact) mass is 249 g/mol. The van der Waals surface area contributed by atoms with Crippen LogP contribution in [0.25, 0.3) is 0 Å². The number of hydrogen-bond acceptors (Lipinski definition) is 4. The molecule has 1 aromatic rings. The second-order valence-electron chi connectivity index (χ2n) is 4.49. The number of amides is 1. The highest BCUT2D eigenvalue weighted by Gasteiger charge is 2.21. The Labute approximate surface area is 107 Å². The zero-order valence-corrected chi connectivity index (χ0v) is 10.5. The van der Waals surface area contributed by atoms with Crippen LogP contribution in [-0.2, 0) is 4.79 Å². The van der Waals surface area contributed by atoms with Crippen LogP contribution in [0, 0.1) is 0 Å². The van der Waals surface area contributed by atoms with Gasteiger partial charge in [-0.1, -0.05) is 6.92 Å². The smallest absolute Gasteiger partial charge is 0.222 e. The third kappa shape index (κ3) is 3.29. The maximum atomic E-state index is 11.1. The number of ether oxygens (including phenoxy) is 1. The van der Waals surface area contributed by atoms with Crippen molar-refractivity contribution in [2.45, 2.75) is 25.8 Å². The Kier molecular flexibility index (Phi) is 3.92. The number of anilines is 2. The molecule has 1 aliphatic rings. The number of hydrogen-bond donors (Lipinski definition) is 3. The van der Waals surface area contributed by atoms with Crippen molar-refractivity contribution in [3.8, 4) is 5.75 Å². The van der Waals surface area contributed by atoms with Crippen LogP contribution in [0.2, 0.25) is 0 Å². The molecule has 1 amide bonds. The summed E-state index contributed by atoms with van der Waals surface area (Å²) in [7, 11) is 0. The van der Waals surface area contributed by atoms with Crippen LogP contribution in [-0.4, -0.2) is 25.1 Å².